The molecule has 1 aliphatic rings. The van der Waals surface area contributed by atoms with Gasteiger partial charge in [-0.15, -0.1) is 0 Å². The second-order valence-corrected chi connectivity index (χ2v) is 4.25. The quantitative estimate of drug-likeness (QED) is 0.728. The summed E-state index contributed by atoms with van der Waals surface area (Å²) in [5.74, 6) is -4.10. The third-order valence-electron chi connectivity index (χ3n) is 2.81. The van der Waals surface area contributed by atoms with Crippen molar-refractivity contribution in [2.45, 2.75) is 12.3 Å². The molecule has 0 aliphatic carbocycles. The molecule has 0 aromatic heterocycles. The first-order valence-corrected chi connectivity index (χ1v) is 5.67. The molecule has 1 fully saturated rings. The van der Waals surface area contributed by atoms with E-state index in [9.17, 15) is 22.4 Å². The third kappa shape index (κ3) is 4.09. The number of amides is 1. The lowest BCUT2D eigenvalue weighted by molar-refractivity contribution is -0.148. The maximum Gasteiger partial charge on any atom is 0.319 e. The maximum absolute atomic E-state index is 12.8. The van der Waals surface area contributed by atoms with Gasteiger partial charge in [-0.1, -0.05) is 0 Å². The first kappa shape index (κ1) is 15.2. The Hall–Kier alpha value is -0.890. The highest BCUT2D eigenvalue weighted by atomic mass is 19.3. The van der Waals surface area contributed by atoms with Crippen LogP contribution in [0.4, 0.5) is 17.6 Å². The van der Waals surface area contributed by atoms with Crippen molar-refractivity contribution >= 4 is 5.91 Å². The van der Waals surface area contributed by atoms with Gasteiger partial charge in [0.25, 0.3) is 0 Å². The molecule has 0 bridgehead atoms. The predicted molar refractivity (Wildman–Crippen MR) is 57.9 cm³/mol. The van der Waals surface area contributed by atoms with Crippen molar-refractivity contribution in [2.75, 3.05) is 46.3 Å². The van der Waals surface area contributed by atoms with Gasteiger partial charge in [0, 0.05) is 26.2 Å². The van der Waals surface area contributed by atoms with Crippen LogP contribution in [0, 0.1) is 0 Å². The molecule has 1 heterocycles. The summed E-state index contributed by atoms with van der Waals surface area (Å²) in [7, 11) is 1.64. The molecule has 1 N–H and O–H groups in total. The van der Waals surface area contributed by atoms with Crippen molar-refractivity contribution in [3.8, 4) is 0 Å². The highest BCUT2D eigenvalue weighted by Gasteiger charge is 2.42. The van der Waals surface area contributed by atoms with Crippen LogP contribution < -0.4 is 5.32 Å². The number of halogens is 4. The number of nitrogens with one attached hydrogen (secondary N) is 1. The normalized spacial score (nSPS) is 18.4. The van der Waals surface area contributed by atoms with Crippen LogP contribution in [-0.4, -0.2) is 74.4 Å². The van der Waals surface area contributed by atoms with E-state index < -0.39 is 18.9 Å². The highest BCUT2D eigenvalue weighted by Crippen LogP contribution is 2.24. The SMILES string of the molecule is CNCC(=O)N1CCN(CC(F)(F)C(F)F)CC1. The average Bonchev–Trinajstić information content (AvgIpc) is 2.29. The van der Waals surface area contributed by atoms with E-state index >= 15 is 0 Å². The van der Waals surface area contributed by atoms with Gasteiger partial charge in [0.1, 0.15) is 0 Å². The van der Waals surface area contributed by atoms with Crippen molar-refractivity contribution in [3.05, 3.63) is 0 Å². The standard InChI is InChI=1S/C10H17F4N3O/c1-15-6-8(18)17-4-2-16(3-5-17)7-10(13,14)9(11)12/h9,15H,2-7H2,1H3. The zero-order valence-electron chi connectivity index (χ0n) is 10.1. The monoisotopic (exact) mass is 271 g/mol. The Kier molecular flexibility index (Phi) is 5.33. The van der Waals surface area contributed by atoms with Gasteiger partial charge in [-0.2, -0.15) is 8.78 Å². The molecule has 18 heavy (non-hydrogen) atoms. The van der Waals surface area contributed by atoms with Crippen LogP contribution in [-0.2, 0) is 4.79 Å². The van der Waals surface area contributed by atoms with Gasteiger partial charge < -0.3 is 10.2 Å². The first-order chi connectivity index (χ1) is 8.36. The van der Waals surface area contributed by atoms with Gasteiger partial charge in [-0.3, -0.25) is 9.69 Å². The first-order valence-electron chi connectivity index (χ1n) is 5.67. The topological polar surface area (TPSA) is 35.6 Å². The van der Waals surface area contributed by atoms with E-state index in [0.29, 0.717) is 13.1 Å². The number of carbonyl (C=O) groups excluding carboxylic acids is 1. The number of likely N-dealkylation sites (N-methyl/N-ethyl adjacent to an activating group) is 1. The van der Waals surface area contributed by atoms with Crippen molar-refractivity contribution in [1.29, 1.82) is 0 Å². The molecule has 1 amide bonds. The second-order valence-electron chi connectivity index (χ2n) is 4.25. The summed E-state index contributed by atoms with van der Waals surface area (Å²) >= 11 is 0. The van der Waals surface area contributed by atoms with E-state index in [-0.39, 0.29) is 25.5 Å². The minimum absolute atomic E-state index is 0.113. The molecule has 1 saturated heterocycles. The predicted octanol–water partition coefficient (Wildman–Crippen LogP) is 0.250. The van der Waals surface area contributed by atoms with Crippen LogP contribution in [0.2, 0.25) is 0 Å². The third-order valence-corrected chi connectivity index (χ3v) is 2.81. The summed E-state index contributed by atoms with van der Waals surface area (Å²) in [6.07, 6.45) is -3.65. The summed E-state index contributed by atoms with van der Waals surface area (Å²) in [5, 5.41) is 2.71. The average molecular weight is 271 g/mol. The largest absolute Gasteiger partial charge is 0.339 e. The molecule has 0 saturated carbocycles. The van der Waals surface area contributed by atoms with Crippen molar-refractivity contribution < 1.29 is 22.4 Å². The summed E-state index contributed by atoms with van der Waals surface area (Å²) < 4.78 is 49.7. The molecular weight excluding hydrogens is 254 g/mol. The molecule has 0 radical (unpaired) electrons. The van der Waals surface area contributed by atoms with Crippen molar-refractivity contribution in [2.24, 2.45) is 0 Å². The van der Waals surface area contributed by atoms with Crippen LogP contribution in [0.3, 0.4) is 0 Å². The number of nitrogens with zero attached hydrogens (tertiary/aromatic N) is 2. The summed E-state index contributed by atoms with van der Waals surface area (Å²) in [5.41, 5.74) is 0. The molecule has 1 rings (SSSR count). The number of carbonyl (C=O) groups is 1. The number of alkyl halides is 4. The Bertz CT molecular complexity index is 280. The minimum Gasteiger partial charge on any atom is -0.339 e. The maximum atomic E-state index is 12.8. The summed E-state index contributed by atoms with van der Waals surface area (Å²) in [6.45, 7) is 0.196. The van der Waals surface area contributed by atoms with E-state index in [1.807, 2.05) is 0 Å². The van der Waals surface area contributed by atoms with E-state index in [2.05, 4.69) is 5.32 Å². The molecule has 1 aliphatic heterocycles. The number of hydrogen-bond donors (Lipinski definition) is 1. The Balaban J connectivity index is 2.38. The highest BCUT2D eigenvalue weighted by molar-refractivity contribution is 5.78. The van der Waals surface area contributed by atoms with Gasteiger partial charge >= 0.3 is 12.3 Å². The van der Waals surface area contributed by atoms with Crippen LogP contribution in [0.15, 0.2) is 0 Å². The lowest BCUT2D eigenvalue weighted by Crippen LogP contribution is -2.53. The number of hydrogen-bond acceptors (Lipinski definition) is 3. The molecule has 4 nitrogen and oxygen atoms in total. The summed E-state index contributed by atoms with van der Waals surface area (Å²) in [4.78, 5) is 14.3. The van der Waals surface area contributed by atoms with Gasteiger partial charge in [0.05, 0.1) is 13.1 Å². The lowest BCUT2D eigenvalue weighted by atomic mass is 10.2. The molecule has 0 atom stereocenters. The number of rotatable bonds is 5. The fraction of sp³-hybridized carbons (Fsp3) is 0.900. The smallest absolute Gasteiger partial charge is 0.319 e. The Labute approximate surface area is 103 Å². The van der Waals surface area contributed by atoms with Crippen LogP contribution in [0.1, 0.15) is 0 Å². The Morgan fingerprint density at radius 3 is 2.28 bits per heavy atom. The minimum atomic E-state index is -3.99. The van der Waals surface area contributed by atoms with Gasteiger partial charge in [0.2, 0.25) is 5.91 Å². The van der Waals surface area contributed by atoms with Crippen molar-refractivity contribution in [1.82, 2.24) is 15.1 Å². The molecule has 0 spiro atoms. The van der Waals surface area contributed by atoms with E-state index in [1.54, 1.807) is 7.05 Å². The van der Waals surface area contributed by atoms with Crippen LogP contribution in [0.25, 0.3) is 0 Å². The lowest BCUT2D eigenvalue weighted by Gasteiger charge is -2.36. The van der Waals surface area contributed by atoms with Gasteiger partial charge in [0.15, 0.2) is 0 Å². The summed E-state index contributed by atoms with van der Waals surface area (Å²) in [6, 6.07) is 0. The second kappa shape index (κ2) is 6.33. The van der Waals surface area contributed by atoms with Gasteiger partial charge in [-0.05, 0) is 7.05 Å². The fourth-order valence-electron chi connectivity index (χ4n) is 1.79. The van der Waals surface area contributed by atoms with E-state index in [4.69, 9.17) is 0 Å². The number of piperazine rings is 1. The molecule has 0 aromatic rings. The van der Waals surface area contributed by atoms with E-state index in [0.717, 1.165) is 0 Å². The Morgan fingerprint density at radius 2 is 1.83 bits per heavy atom. The zero-order chi connectivity index (χ0) is 13.8. The van der Waals surface area contributed by atoms with Crippen molar-refractivity contribution in [3.63, 3.8) is 0 Å². The molecule has 0 aromatic carbocycles. The van der Waals surface area contributed by atoms with Crippen LogP contribution in [0.5, 0.6) is 0 Å². The zero-order valence-corrected chi connectivity index (χ0v) is 10.1. The van der Waals surface area contributed by atoms with Crippen LogP contribution >= 0.6 is 0 Å². The molecule has 106 valence electrons. The molecular formula is C10H17F4N3O. The fourth-order valence-corrected chi connectivity index (χ4v) is 1.79. The Morgan fingerprint density at radius 1 is 1.28 bits per heavy atom. The van der Waals surface area contributed by atoms with E-state index in [1.165, 1.54) is 9.80 Å². The molecule has 8 heteroatoms. The molecule has 0 unspecified atom stereocenters. The van der Waals surface area contributed by atoms with Gasteiger partial charge in [-0.25, -0.2) is 8.78 Å².